The Morgan fingerprint density at radius 3 is 2.24 bits per heavy atom. The van der Waals surface area contributed by atoms with E-state index >= 15 is 0 Å². The summed E-state index contributed by atoms with van der Waals surface area (Å²) in [5.74, 6) is -1.28. The number of aldehydes is 1. The van der Waals surface area contributed by atoms with E-state index in [4.69, 9.17) is 9.47 Å². The number of ether oxygens (including phenoxy) is 2. The number of hydrogen-bond donors (Lipinski definition) is 0. The summed E-state index contributed by atoms with van der Waals surface area (Å²) in [6, 6.07) is 17.1. The molecule has 5 nitrogen and oxygen atoms in total. The minimum absolute atomic E-state index is 0.102. The van der Waals surface area contributed by atoms with Crippen molar-refractivity contribution in [2.45, 2.75) is 19.3 Å². The normalized spacial score (nSPS) is 19.0. The van der Waals surface area contributed by atoms with Crippen LogP contribution < -0.4 is 0 Å². The van der Waals surface area contributed by atoms with Crippen LogP contribution in [-0.2, 0) is 25.5 Å². The second kappa shape index (κ2) is 8.86. The molecule has 0 heterocycles. The Morgan fingerprint density at radius 1 is 1.00 bits per heavy atom. The summed E-state index contributed by atoms with van der Waals surface area (Å²) in [6.07, 6.45) is 3.90. The molecule has 0 saturated heterocycles. The van der Waals surface area contributed by atoms with Gasteiger partial charge in [0.2, 0.25) is 0 Å². The molecule has 1 saturated carbocycles. The molecule has 1 unspecified atom stereocenters. The number of esters is 2. The highest BCUT2D eigenvalue weighted by atomic mass is 16.5. The Morgan fingerprint density at radius 2 is 1.62 bits per heavy atom. The van der Waals surface area contributed by atoms with Crippen LogP contribution in [0.15, 0.2) is 60.2 Å². The third-order valence-electron chi connectivity index (χ3n) is 5.58. The summed E-state index contributed by atoms with van der Waals surface area (Å²) < 4.78 is 9.96. The Balaban J connectivity index is 2.04. The highest BCUT2D eigenvalue weighted by Crippen LogP contribution is 2.49. The molecule has 1 aliphatic rings. The standard InChI is InChI=1S/C24H24O5/c1-28-22(26)24(23(27)29-2)14-20(12-17-8-4-3-5-9-17)21(15-24)13-18-10-6-7-11-19(18)16-25/h3-12,16,21H,13-15H2,1-2H3/b20-12+. The highest BCUT2D eigenvalue weighted by molar-refractivity contribution is 6.01. The molecule has 150 valence electrons. The molecule has 2 aromatic carbocycles. The number of methoxy groups -OCH3 is 2. The molecule has 0 aliphatic heterocycles. The van der Waals surface area contributed by atoms with Gasteiger partial charge >= 0.3 is 11.9 Å². The topological polar surface area (TPSA) is 69.7 Å². The quantitative estimate of drug-likeness (QED) is 0.424. The number of benzene rings is 2. The molecule has 0 bridgehead atoms. The largest absolute Gasteiger partial charge is 0.468 e. The smallest absolute Gasteiger partial charge is 0.323 e. The average Bonchev–Trinajstić information content (AvgIpc) is 3.12. The van der Waals surface area contributed by atoms with Crippen LogP contribution in [-0.4, -0.2) is 32.4 Å². The van der Waals surface area contributed by atoms with E-state index < -0.39 is 17.4 Å². The van der Waals surface area contributed by atoms with E-state index in [2.05, 4.69) is 0 Å². The number of carbonyl (C=O) groups is 3. The fraction of sp³-hybridized carbons (Fsp3) is 0.292. The highest BCUT2D eigenvalue weighted by Gasteiger charge is 2.55. The average molecular weight is 392 g/mol. The summed E-state index contributed by atoms with van der Waals surface area (Å²) in [7, 11) is 2.56. The molecule has 1 atom stereocenters. The van der Waals surface area contributed by atoms with E-state index in [1.807, 2.05) is 54.6 Å². The molecule has 5 heteroatoms. The molecule has 0 spiro atoms. The van der Waals surface area contributed by atoms with Crippen LogP contribution >= 0.6 is 0 Å². The van der Waals surface area contributed by atoms with Crippen molar-refractivity contribution in [1.29, 1.82) is 0 Å². The van der Waals surface area contributed by atoms with Gasteiger partial charge in [0.15, 0.2) is 5.41 Å². The van der Waals surface area contributed by atoms with Crippen molar-refractivity contribution in [3.63, 3.8) is 0 Å². The molecule has 1 aliphatic carbocycles. The molecular weight excluding hydrogens is 368 g/mol. The lowest BCUT2D eigenvalue weighted by atomic mass is 9.84. The zero-order valence-corrected chi connectivity index (χ0v) is 16.6. The molecule has 0 amide bonds. The Kier molecular flexibility index (Phi) is 6.27. The predicted octanol–water partition coefficient (Wildman–Crippen LogP) is 3.87. The molecular formula is C24H24O5. The van der Waals surface area contributed by atoms with E-state index in [1.165, 1.54) is 14.2 Å². The molecule has 29 heavy (non-hydrogen) atoms. The molecule has 0 N–H and O–H groups in total. The number of rotatable bonds is 6. The fourth-order valence-corrected chi connectivity index (χ4v) is 4.14. The van der Waals surface area contributed by atoms with E-state index in [9.17, 15) is 14.4 Å². The Labute approximate surface area is 170 Å². The van der Waals surface area contributed by atoms with E-state index in [0.717, 1.165) is 23.0 Å². The third-order valence-corrected chi connectivity index (χ3v) is 5.58. The van der Waals surface area contributed by atoms with Crippen LogP contribution in [0.3, 0.4) is 0 Å². The van der Waals surface area contributed by atoms with Gasteiger partial charge in [-0.15, -0.1) is 0 Å². The lowest BCUT2D eigenvalue weighted by Gasteiger charge is -2.22. The van der Waals surface area contributed by atoms with Crippen molar-refractivity contribution < 1.29 is 23.9 Å². The lowest BCUT2D eigenvalue weighted by molar-refractivity contribution is -0.168. The van der Waals surface area contributed by atoms with Crippen molar-refractivity contribution in [3.8, 4) is 0 Å². The number of hydrogen-bond acceptors (Lipinski definition) is 5. The van der Waals surface area contributed by atoms with Crippen LogP contribution in [0.5, 0.6) is 0 Å². The number of carbonyl (C=O) groups excluding carboxylic acids is 3. The summed E-state index contributed by atoms with van der Waals surface area (Å²) in [5, 5.41) is 0. The van der Waals surface area contributed by atoms with Crippen molar-refractivity contribution in [3.05, 3.63) is 76.9 Å². The van der Waals surface area contributed by atoms with Gasteiger partial charge in [0.1, 0.15) is 6.29 Å². The first-order valence-corrected chi connectivity index (χ1v) is 9.49. The van der Waals surface area contributed by atoms with Crippen molar-refractivity contribution in [2.24, 2.45) is 11.3 Å². The molecule has 1 fully saturated rings. The van der Waals surface area contributed by atoms with Crippen LogP contribution in [0.1, 0.15) is 34.3 Å². The van der Waals surface area contributed by atoms with Crippen molar-refractivity contribution >= 4 is 24.3 Å². The predicted molar refractivity (Wildman–Crippen MR) is 109 cm³/mol. The Bertz CT molecular complexity index is 913. The molecule has 0 radical (unpaired) electrons. The van der Waals surface area contributed by atoms with E-state index in [0.29, 0.717) is 12.0 Å². The van der Waals surface area contributed by atoms with Gasteiger partial charge in [0.05, 0.1) is 14.2 Å². The minimum Gasteiger partial charge on any atom is -0.468 e. The SMILES string of the molecule is COC(=O)C1(C(=O)OC)C/C(=C\c2ccccc2)C(Cc2ccccc2C=O)C1. The van der Waals surface area contributed by atoms with Gasteiger partial charge in [0, 0.05) is 5.56 Å². The van der Waals surface area contributed by atoms with Crippen molar-refractivity contribution in [2.75, 3.05) is 14.2 Å². The second-order valence-corrected chi connectivity index (χ2v) is 7.29. The molecule has 3 rings (SSSR count). The van der Waals surface area contributed by atoms with Gasteiger partial charge in [-0.25, -0.2) is 0 Å². The zero-order valence-electron chi connectivity index (χ0n) is 16.6. The summed E-state index contributed by atoms with van der Waals surface area (Å²) in [6.45, 7) is 0. The van der Waals surface area contributed by atoms with E-state index in [-0.39, 0.29) is 18.8 Å². The van der Waals surface area contributed by atoms with E-state index in [1.54, 1.807) is 6.07 Å². The molecule has 2 aromatic rings. The second-order valence-electron chi connectivity index (χ2n) is 7.29. The molecule has 0 aromatic heterocycles. The van der Waals surface area contributed by atoms with Crippen molar-refractivity contribution in [1.82, 2.24) is 0 Å². The zero-order chi connectivity index (χ0) is 20.9. The first-order chi connectivity index (χ1) is 14.0. The maximum Gasteiger partial charge on any atom is 0.323 e. The van der Waals surface area contributed by atoms with Gasteiger partial charge in [-0.2, -0.15) is 0 Å². The Hall–Kier alpha value is -3.21. The lowest BCUT2D eigenvalue weighted by Crippen LogP contribution is -2.39. The number of allylic oxidation sites excluding steroid dienone is 1. The van der Waals surface area contributed by atoms with Gasteiger partial charge in [-0.1, -0.05) is 66.2 Å². The minimum atomic E-state index is -1.37. The van der Waals surface area contributed by atoms with Crippen LogP contribution in [0, 0.1) is 11.3 Å². The maximum absolute atomic E-state index is 12.6. The monoisotopic (exact) mass is 392 g/mol. The fourth-order valence-electron chi connectivity index (χ4n) is 4.14. The maximum atomic E-state index is 12.6. The van der Waals surface area contributed by atoms with Gasteiger partial charge in [-0.3, -0.25) is 14.4 Å². The van der Waals surface area contributed by atoms with Crippen LogP contribution in [0.4, 0.5) is 0 Å². The summed E-state index contributed by atoms with van der Waals surface area (Å²) >= 11 is 0. The third kappa shape index (κ3) is 4.14. The first kappa shape index (κ1) is 20.5. The van der Waals surface area contributed by atoms with Gasteiger partial charge < -0.3 is 9.47 Å². The summed E-state index contributed by atoms with van der Waals surface area (Å²) in [5.41, 5.74) is 2.08. The van der Waals surface area contributed by atoms with Gasteiger partial charge in [-0.05, 0) is 36.3 Å². The van der Waals surface area contributed by atoms with Crippen LogP contribution in [0.25, 0.3) is 6.08 Å². The van der Waals surface area contributed by atoms with Gasteiger partial charge in [0.25, 0.3) is 0 Å². The first-order valence-electron chi connectivity index (χ1n) is 9.49. The van der Waals surface area contributed by atoms with Crippen LogP contribution in [0.2, 0.25) is 0 Å². The summed E-state index contributed by atoms with van der Waals surface area (Å²) in [4.78, 5) is 36.7.